The van der Waals surface area contributed by atoms with Crippen molar-refractivity contribution >= 4 is 5.97 Å². The van der Waals surface area contributed by atoms with E-state index in [1.54, 1.807) is 13.8 Å². The first-order valence-corrected chi connectivity index (χ1v) is 5.30. The Hall–Kier alpha value is -0.650. The first-order valence-electron chi connectivity index (χ1n) is 5.30. The van der Waals surface area contributed by atoms with Crippen molar-refractivity contribution in [1.82, 2.24) is 5.32 Å². The quantitative estimate of drug-likeness (QED) is 0.571. The maximum atomic E-state index is 11.8. The second-order valence-electron chi connectivity index (χ2n) is 5.14. The Morgan fingerprint density at radius 3 is 2.19 bits per heavy atom. The molecule has 5 heteroatoms. The molecular formula is C11H21NO4. The van der Waals surface area contributed by atoms with Crippen molar-refractivity contribution in [1.29, 1.82) is 0 Å². The monoisotopic (exact) mass is 231 g/mol. The minimum atomic E-state index is -0.688. The number of morpholine rings is 1. The van der Waals surface area contributed by atoms with E-state index in [9.17, 15) is 4.79 Å². The van der Waals surface area contributed by atoms with Crippen molar-refractivity contribution in [2.45, 2.75) is 51.2 Å². The minimum absolute atomic E-state index is 0.295. The molecule has 1 rings (SSSR count). The molecule has 0 aromatic heterocycles. The van der Waals surface area contributed by atoms with E-state index >= 15 is 0 Å². The van der Waals surface area contributed by atoms with Gasteiger partial charge in [-0.2, -0.15) is 0 Å². The van der Waals surface area contributed by atoms with Gasteiger partial charge in [0, 0.05) is 14.2 Å². The molecule has 94 valence electrons. The van der Waals surface area contributed by atoms with Gasteiger partial charge in [-0.15, -0.1) is 0 Å². The Morgan fingerprint density at radius 2 is 1.75 bits per heavy atom. The number of carbonyl (C=O) groups excluding carboxylic acids is 1. The van der Waals surface area contributed by atoms with Gasteiger partial charge < -0.3 is 14.2 Å². The molecule has 16 heavy (non-hydrogen) atoms. The zero-order valence-corrected chi connectivity index (χ0v) is 10.8. The van der Waals surface area contributed by atoms with Gasteiger partial charge in [-0.1, -0.05) is 0 Å². The molecule has 0 bridgehead atoms. The summed E-state index contributed by atoms with van der Waals surface area (Å²) < 4.78 is 15.7. The average Bonchev–Trinajstić information content (AvgIpc) is 2.14. The molecule has 1 aliphatic rings. The number of rotatable bonds is 3. The van der Waals surface area contributed by atoms with E-state index in [4.69, 9.17) is 14.2 Å². The van der Waals surface area contributed by atoms with Gasteiger partial charge in [-0.05, 0) is 27.7 Å². The van der Waals surface area contributed by atoms with E-state index in [0.717, 1.165) is 0 Å². The Kier molecular flexibility index (Phi) is 3.62. The topological polar surface area (TPSA) is 56.8 Å². The summed E-state index contributed by atoms with van der Waals surface area (Å²) in [6.07, 6.45) is -1.04. The molecule has 5 nitrogen and oxygen atoms in total. The third kappa shape index (κ3) is 2.36. The zero-order valence-electron chi connectivity index (χ0n) is 10.8. The highest BCUT2D eigenvalue weighted by atomic mass is 16.7. The van der Waals surface area contributed by atoms with Gasteiger partial charge in [0.1, 0.15) is 5.54 Å². The lowest BCUT2D eigenvalue weighted by Gasteiger charge is -2.47. The fourth-order valence-corrected chi connectivity index (χ4v) is 2.08. The summed E-state index contributed by atoms with van der Waals surface area (Å²) in [7, 11) is 3.05. The van der Waals surface area contributed by atoms with Gasteiger partial charge in [0.25, 0.3) is 0 Å². The zero-order chi connectivity index (χ0) is 12.6. The van der Waals surface area contributed by atoms with E-state index in [1.165, 1.54) is 14.2 Å². The largest absolute Gasteiger partial charge is 0.454 e. The van der Waals surface area contributed by atoms with Gasteiger partial charge in [0.15, 0.2) is 12.4 Å². The van der Waals surface area contributed by atoms with Crippen molar-refractivity contribution in [3.63, 3.8) is 0 Å². The number of hydrogen-bond acceptors (Lipinski definition) is 5. The predicted octanol–water partition coefficient (Wildman–Crippen LogP) is 0.677. The van der Waals surface area contributed by atoms with Crippen LogP contribution in [0, 0.1) is 0 Å². The van der Waals surface area contributed by atoms with E-state index in [0.29, 0.717) is 0 Å². The highest BCUT2D eigenvalue weighted by Gasteiger charge is 2.50. The summed E-state index contributed by atoms with van der Waals surface area (Å²) in [5.41, 5.74) is -1.10. The highest BCUT2D eigenvalue weighted by Crippen LogP contribution is 2.28. The minimum Gasteiger partial charge on any atom is -0.454 e. The Labute approximate surface area is 96.4 Å². The second kappa shape index (κ2) is 4.31. The first-order chi connectivity index (χ1) is 7.24. The lowest BCUT2D eigenvalue weighted by atomic mass is 9.88. The van der Waals surface area contributed by atoms with Crippen LogP contribution in [0.3, 0.4) is 0 Å². The molecule has 0 aromatic carbocycles. The van der Waals surface area contributed by atoms with Crippen LogP contribution in [0.2, 0.25) is 0 Å². The number of hydrogen-bond donors (Lipinski definition) is 1. The van der Waals surface area contributed by atoms with Gasteiger partial charge in [-0.3, -0.25) is 10.1 Å². The van der Waals surface area contributed by atoms with E-state index < -0.39 is 23.5 Å². The molecule has 1 saturated heterocycles. The van der Waals surface area contributed by atoms with E-state index in [-0.39, 0.29) is 5.97 Å². The summed E-state index contributed by atoms with van der Waals surface area (Å²) >= 11 is 0. The van der Waals surface area contributed by atoms with Crippen LogP contribution in [0.5, 0.6) is 0 Å². The van der Waals surface area contributed by atoms with Crippen LogP contribution < -0.4 is 5.32 Å². The number of cyclic esters (lactones) is 1. The molecule has 1 atom stereocenters. The Balaban J connectivity index is 2.92. The molecule has 0 amide bonds. The summed E-state index contributed by atoms with van der Waals surface area (Å²) in [4.78, 5) is 11.8. The normalized spacial score (nSPS) is 27.9. The van der Waals surface area contributed by atoms with Crippen LogP contribution in [0.25, 0.3) is 0 Å². The first kappa shape index (κ1) is 13.4. The van der Waals surface area contributed by atoms with Crippen LogP contribution in [0.15, 0.2) is 0 Å². The SMILES string of the molecule is COC(OC)C1OC(=O)C(C)(C)NC1(C)C. The number of carbonyl (C=O) groups is 1. The number of methoxy groups -OCH3 is 2. The third-order valence-electron chi connectivity index (χ3n) is 2.80. The third-order valence-corrected chi connectivity index (χ3v) is 2.80. The molecule has 0 spiro atoms. The molecule has 0 radical (unpaired) electrons. The molecule has 0 saturated carbocycles. The van der Waals surface area contributed by atoms with Crippen LogP contribution in [0.4, 0.5) is 0 Å². The van der Waals surface area contributed by atoms with Gasteiger partial charge in [-0.25, -0.2) is 0 Å². The Morgan fingerprint density at radius 1 is 1.25 bits per heavy atom. The molecular weight excluding hydrogens is 210 g/mol. The number of esters is 1. The summed E-state index contributed by atoms with van der Waals surface area (Å²) in [5, 5.41) is 3.25. The van der Waals surface area contributed by atoms with Gasteiger partial charge in [0.05, 0.1) is 5.54 Å². The van der Waals surface area contributed by atoms with Crippen LogP contribution in [0.1, 0.15) is 27.7 Å². The van der Waals surface area contributed by atoms with Crippen molar-refractivity contribution in [3.8, 4) is 0 Å². The second-order valence-corrected chi connectivity index (χ2v) is 5.14. The smallest absolute Gasteiger partial charge is 0.326 e. The molecule has 1 aliphatic heterocycles. The van der Waals surface area contributed by atoms with Gasteiger partial charge >= 0.3 is 5.97 Å². The molecule has 1 N–H and O–H groups in total. The molecule has 1 unspecified atom stereocenters. The highest BCUT2D eigenvalue weighted by molar-refractivity contribution is 5.81. The number of nitrogens with one attached hydrogen (secondary N) is 1. The summed E-state index contributed by atoms with van der Waals surface area (Å²) in [5.74, 6) is -0.295. The fourth-order valence-electron chi connectivity index (χ4n) is 2.08. The summed E-state index contributed by atoms with van der Waals surface area (Å²) in [6, 6.07) is 0. The lowest BCUT2D eigenvalue weighted by Crippen LogP contribution is -2.70. The van der Waals surface area contributed by atoms with Gasteiger partial charge in [0.2, 0.25) is 0 Å². The van der Waals surface area contributed by atoms with Crippen LogP contribution >= 0.6 is 0 Å². The van der Waals surface area contributed by atoms with E-state index in [1.807, 2.05) is 13.8 Å². The molecule has 0 aromatic rings. The van der Waals surface area contributed by atoms with Crippen molar-refractivity contribution < 1.29 is 19.0 Å². The maximum absolute atomic E-state index is 11.8. The van der Waals surface area contributed by atoms with Crippen LogP contribution in [-0.4, -0.2) is 43.7 Å². The molecule has 1 fully saturated rings. The van der Waals surface area contributed by atoms with E-state index in [2.05, 4.69) is 5.32 Å². The van der Waals surface area contributed by atoms with Crippen molar-refractivity contribution in [3.05, 3.63) is 0 Å². The predicted molar refractivity (Wildman–Crippen MR) is 59.0 cm³/mol. The lowest BCUT2D eigenvalue weighted by molar-refractivity contribution is -0.223. The maximum Gasteiger partial charge on any atom is 0.326 e. The average molecular weight is 231 g/mol. The number of ether oxygens (including phenoxy) is 3. The van der Waals surface area contributed by atoms with Crippen molar-refractivity contribution in [2.75, 3.05) is 14.2 Å². The van der Waals surface area contributed by atoms with Crippen LogP contribution in [-0.2, 0) is 19.0 Å². The molecule has 1 heterocycles. The Bertz CT molecular complexity index is 271. The van der Waals surface area contributed by atoms with Crippen molar-refractivity contribution in [2.24, 2.45) is 0 Å². The standard InChI is InChI=1S/C11H21NO4/c1-10(2)7(8(14-5)15-6)16-9(13)11(3,4)12-10/h7-8,12H,1-6H3. The fraction of sp³-hybridized carbons (Fsp3) is 0.909. The molecule has 0 aliphatic carbocycles. The summed E-state index contributed by atoms with van der Waals surface area (Å²) in [6.45, 7) is 7.50.